The maximum absolute atomic E-state index is 14.5. The summed E-state index contributed by atoms with van der Waals surface area (Å²) in [6, 6.07) is 12.1. The highest BCUT2D eigenvalue weighted by Crippen LogP contribution is 2.26. The number of amides is 3. The Bertz CT molecular complexity index is 1350. The molecule has 0 heterocycles. The number of carbonyl (C=O) groups is 4. The summed E-state index contributed by atoms with van der Waals surface area (Å²) in [5.41, 5.74) is 1.95. The van der Waals surface area contributed by atoms with E-state index in [1.807, 2.05) is 62.4 Å². The lowest BCUT2D eigenvalue weighted by molar-refractivity contribution is -0.159. The van der Waals surface area contributed by atoms with Crippen LogP contribution in [-0.4, -0.2) is 58.6 Å². The lowest BCUT2D eigenvalue weighted by Crippen LogP contribution is -2.54. The molecule has 266 valence electrons. The number of hydrogen-bond acceptors (Lipinski definition) is 6. The minimum atomic E-state index is -1.07. The molecule has 0 aliphatic rings. The number of alkyl carbamates (subject to hydrolysis) is 1. The van der Waals surface area contributed by atoms with Gasteiger partial charge in [-0.05, 0) is 91.0 Å². The van der Waals surface area contributed by atoms with Crippen LogP contribution in [0, 0.1) is 13.8 Å². The topological polar surface area (TPSA) is 114 Å². The van der Waals surface area contributed by atoms with Crippen LogP contribution in [0.3, 0.4) is 0 Å². The van der Waals surface area contributed by atoms with Crippen molar-refractivity contribution in [2.24, 2.45) is 0 Å². The van der Waals surface area contributed by atoms with Crippen molar-refractivity contribution in [1.82, 2.24) is 15.5 Å². The van der Waals surface area contributed by atoms with Crippen LogP contribution < -0.4 is 10.6 Å². The zero-order valence-corrected chi connectivity index (χ0v) is 30.9. The molecule has 0 radical (unpaired) electrons. The summed E-state index contributed by atoms with van der Waals surface area (Å²) in [5, 5.41) is 5.63. The van der Waals surface area contributed by atoms with Crippen LogP contribution in [0.15, 0.2) is 48.5 Å². The van der Waals surface area contributed by atoms with Crippen LogP contribution in [0.1, 0.15) is 122 Å². The van der Waals surface area contributed by atoms with Gasteiger partial charge in [0.15, 0.2) is 0 Å². The maximum Gasteiger partial charge on any atom is 0.408 e. The minimum Gasteiger partial charge on any atom is -0.458 e. The Morgan fingerprint density at radius 2 is 1.38 bits per heavy atom. The molecule has 2 aromatic carbocycles. The molecule has 3 atom stereocenters. The Morgan fingerprint density at radius 3 is 1.96 bits per heavy atom. The molecular weight excluding hydrogens is 606 g/mol. The van der Waals surface area contributed by atoms with Crippen molar-refractivity contribution in [3.8, 4) is 0 Å². The Balaban J connectivity index is 2.56. The van der Waals surface area contributed by atoms with Crippen molar-refractivity contribution < 1.29 is 28.7 Å². The number of esters is 1. The molecule has 9 nitrogen and oxygen atoms in total. The van der Waals surface area contributed by atoms with Gasteiger partial charge in [-0.1, -0.05) is 87.6 Å². The number of nitrogens with one attached hydrogen (secondary N) is 2. The zero-order valence-electron chi connectivity index (χ0n) is 30.9. The second-order valence-corrected chi connectivity index (χ2v) is 14.7. The van der Waals surface area contributed by atoms with E-state index in [0.717, 1.165) is 48.8 Å². The zero-order chi connectivity index (χ0) is 36.1. The molecule has 48 heavy (non-hydrogen) atoms. The van der Waals surface area contributed by atoms with Gasteiger partial charge in [0.05, 0.1) is 0 Å². The number of nitrogens with zero attached hydrogens (tertiary/aromatic N) is 1. The fourth-order valence-corrected chi connectivity index (χ4v) is 5.30. The monoisotopic (exact) mass is 665 g/mol. The van der Waals surface area contributed by atoms with Crippen molar-refractivity contribution in [2.45, 2.75) is 144 Å². The molecule has 2 rings (SSSR count). The number of ether oxygens (including phenoxy) is 2. The summed E-state index contributed by atoms with van der Waals surface area (Å²) in [6.07, 6.45) is 5.41. The van der Waals surface area contributed by atoms with Crippen LogP contribution >= 0.6 is 0 Å². The van der Waals surface area contributed by atoms with E-state index in [1.165, 1.54) is 4.90 Å². The highest BCUT2D eigenvalue weighted by molar-refractivity contribution is 5.94. The molecule has 0 spiro atoms. The molecule has 0 aromatic heterocycles. The fraction of sp³-hybridized carbons (Fsp3) is 0.590. The SMILES string of the molecule is CCCCCCCCN(C(=O)C(C)NC(=O)OC(C)(C)C)C(C(=O)NC(Cc1ccccc1)C(=O)OC(C)(C)C)c1ccc(C)c(C)c1. The fourth-order valence-electron chi connectivity index (χ4n) is 5.30. The Hall–Kier alpha value is -3.88. The second kappa shape index (κ2) is 18.6. The van der Waals surface area contributed by atoms with Gasteiger partial charge in [0.25, 0.3) is 0 Å². The maximum atomic E-state index is 14.5. The third kappa shape index (κ3) is 14.1. The third-order valence-corrected chi connectivity index (χ3v) is 7.84. The smallest absolute Gasteiger partial charge is 0.408 e. The molecule has 2 aromatic rings. The van der Waals surface area contributed by atoms with Crippen molar-refractivity contribution in [2.75, 3.05) is 6.54 Å². The molecular formula is C39H59N3O6. The summed E-state index contributed by atoms with van der Waals surface area (Å²) < 4.78 is 11.2. The first-order chi connectivity index (χ1) is 22.4. The number of unbranched alkanes of at least 4 members (excludes halogenated alkanes) is 5. The standard InChI is InChI=1S/C39H59N3O6/c1-11-12-13-14-15-19-24-42(35(44)29(4)40-37(46)48-39(8,9)10)33(31-23-22-27(2)28(3)25-31)34(43)41-32(36(45)47-38(5,6)7)26-30-20-17-16-18-21-30/h16-18,20-23,25,29,32-33H,11-15,19,24,26H2,1-10H3,(H,40,46)(H,41,43). The van der Waals surface area contributed by atoms with E-state index in [0.29, 0.717) is 12.0 Å². The van der Waals surface area contributed by atoms with E-state index in [1.54, 1.807) is 48.5 Å². The molecule has 0 aliphatic heterocycles. The molecule has 0 bridgehead atoms. The number of rotatable bonds is 16. The van der Waals surface area contributed by atoms with Crippen molar-refractivity contribution in [3.05, 3.63) is 70.8 Å². The van der Waals surface area contributed by atoms with Crippen molar-refractivity contribution in [3.63, 3.8) is 0 Å². The van der Waals surface area contributed by atoms with Crippen LogP contribution in [0.2, 0.25) is 0 Å². The van der Waals surface area contributed by atoms with Crippen LogP contribution in [0.25, 0.3) is 0 Å². The second-order valence-electron chi connectivity index (χ2n) is 14.7. The van der Waals surface area contributed by atoms with E-state index < -0.39 is 53.2 Å². The van der Waals surface area contributed by atoms with Gasteiger partial charge >= 0.3 is 12.1 Å². The lowest BCUT2D eigenvalue weighted by atomic mass is 9.97. The number of aryl methyl sites for hydroxylation is 2. The predicted octanol–water partition coefficient (Wildman–Crippen LogP) is 7.52. The Labute approximate surface area is 288 Å². The molecule has 0 saturated heterocycles. The van der Waals surface area contributed by atoms with E-state index in [2.05, 4.69) is 17.6 Å². The summed E-state index contributed by atoms with van der Waals surface area (Å²) in [7, 11) is 0. The molecule has 0 saturated carbocycles. The largest absolute Gasteiger partial charge is 0.458 e. The van der Waals surface area contributed by atoms with Crippen LogP contribution in [0.5, 0.6) is 0 Å². The molecule has 3 unspecified atom stereocenters. The average Bonchev–Trinajstić information content (AvgIpc) is 2.97. The molecule has 3 amide bonds. The van der Waals surface area contributed by atoms with E-state index >= 15 is 0 Å². The first kappa shape index (κ1) is 40.3. The van der Waals surface area contributed by atoms with Crippen LogP contribution in [0.4, 0.5) is 4.79 Å². The average molecular weight is 666 g/mol. The number of benzene rings is 2. The van der Waals surface area contributed by atoms with Crippen molar-refractivity contribution in [1.29, 1.82) is 0 Å². The third-order valence-electron chi connectivity index (χ3n) is 7.84. The highest BCUT2D eigenvalue weighted by Gasteiger charge is 2.37. The number of carbonyl (C=O) groups excluding carboxylic acids is 4. The van der Waals surface area contributed by atoms with Gasteiger partial charge in [-0.2, -0.15) is 0 Å². The molecule has 0 aliphatic carbocycles. The summed E-state index contributed by atoms with van der Waals surface area (Å²) in [6.45, 7) is 18.6. The van der Waals surface area contributed by atoms with E-state index in [4.69, 9.17) is 9.47 Å². The van der Waals surface area contributed by atoms with Gasteiger partial charge in [-0.3, -0.25) is 9.59 Å². The quantitative estimate of drug-likeness (QED) is 0.142. The predicted molar refractivity (Wildman–Crippen MR) is 190 cm³/mol. The molecule has 9 heteroatoms. The highest BCUT2D eigenvalue weighted by atomic mass is 16.6. The van der Waals surface area contributed by atoms with E-state index in [-0.39, 0.29) is 13.0 Å². The Morgan fingerprint density at radius 1 is 0.771 bits per heavy atom. The first-order valence-corrected chi connectivity index (χ1v) is 17.4. The van der Waals surface area contributed by atoms with Gasteiger partial charge in [-0.15, -0.1) is 0 Å². The molecule has 2 N–H and O–H groups in total. The summed E-state index contributed by atoms with van der Waals surface area (Å²) in [4.78, 5) is 56.5. The van der Waals surface area contributed by atoms with Gasteiger partial charge in [-0.25, -0.2) is 9.59 Å². The normalized spacial score (nSPS) is 13.5. The minimum absolute atomic E-state index is 0.211. The Kier molecular flexibility index (Phi) is 15.6. The lowest BCUT2D eigenvalue weighted by Gasteiger charge is -2.35. The summed E-state index contributed by atoms with van der Waals surface area (Å²) >= 11 is 0. The van der Waals surface area contributed by atoms with Gasteiger partial charge in [0.1, 0.15) is 29.3 Å². The first-order valence-electron chi connectivity index (χ1n) is 17.4. The van der Waals surface area contributed by atoms with Gasteiger partial charge in [0.2, 0.25) is 11.8 Å². The molecule has 0 fully saturated rings. The van der Waals surface area contributed by atoms with Gasteiger partial charge in [0, 0.05) is 13.0 Å². The number of hydrogen-bond donors (Lipinski definition) is 2. The van der Waals surface area contributed by atoms with Gasteiger partial charge < -0.3 is 25.0 Å². The van der Waals surface area contributed by atoms with E-state index in [9.17, 15) is 19.2 Å². The summed E-state index contributed by atoms with van der Waals surface area (Å²) in [5.74, 6) is -1.49. The van der Waals surface area contributed by atoms with Crippen molar-refractivity contribution >= 4 is 23.9 Å². The van der Waals surface area contributed by atoms with Crippen LogP contribution in [-0.2, 0) is 30.3 Å².